The molecule has 1 aliphatic rings. The van der Waals surface area contributed by atoms with Crippen LogP contribution in [0.15, 0.2) is 20.1 Å². The third kappa shape index (κ3) is 2.67. The summed E-state index contributed by atoms with van der Waals surface area (Å²) in [6.07, 6.45) is 3.50. The summed E-state index contributed by atoms with van der Waals surface area (Å²) in [5.41, 5.74) is 0. The molecule has 0 saturated heterocycles. The summed E-state index contributed by atoms with van der Waals surface area (Å²) in [6.45, 7) is 1.95. The Morgan fingerprint density at radius 3 is 2.62 bits per heavy atom. The Balaban J connectivity index is 2.07. The van der Waals surface area contributed by atoms with Gasteiger partial charge in [0.25, 0.3) is 0 Å². The molecule has 0 radical (unpaired) electrons. The maximum absolute atomic E-state index is 12.0. The van der Waals surface area contributed by atoms with Gasteiger partial charge in [-0.25, -0.2) is 13.1 Å². The minimum atomic E-state index is -3.32. The zero-order valence-corrected chi connectivity index (χ0v) is 12.2. The monoisotopic (exact) mass is 323 g/mol. The second-order valence-electron chi connectivity index (χ2n) is 4.16. The molecule has 1 heterocycles. The van der Waals surface area contributed by atoms with E-state index in [-0.39, 0.29) is 6.04 Å². The van der Waals surface area contributed by atoms with Crippen molar-refractivity contribution in [3.05, 3.63) is 15.9 Å². The van der Waals surface area contributed by atoms with Gasteiger partial charge in [0.2, 0.25) is 10.0 Å². The number of nitrogens with one attached hydrogen (secondary N) is 1. The van der Waals surface area contributed by atoms with Gasteiger partial charge in [-0.1, -0.05) is 6.42 Å². The van der Waals surface area contributed by atoms with Crippen LogP contribution >= 0.6 is 27.3 Å². The smallest absolute Gasteiger partial charge is 0.207 e. The first-order chi connectivity index (χ1) is 7.49. The predicted octanol–water partition coefficient (Wildman–Crippen LogP) is 2.98. The van der Waals surface area contributed by atoms with Gasteiger partial charge in [-0.3, -0.25) is 0 Å². The second kappa shape index (κ2) is 4.76. The van der Waals surface area contributed by atoms with Gasteiger partial charge in [-0.05, 0) is 53.7 Å². The molecule has 0 aliphatic heterocycles. The standard InChI is InChI=1S/C10H14BrNO2S2/c1-7(8-3-2-4-8)12-16(13,14)10-6-5-9(11)15-10/h5-8,12H,2-4H2,1H3. The average molecular weight is 324 g/mol. The van der Waals surface area contributed by atoms with Crippen LogP contribution in [0.3, 0.4) is 0 Å². The molecular weight excluding hydrogens is 310 g/mol. The quantitative estimate of drug-likeness (QED) is 0.925. The van der Waals surface area contributed by atoms with Crippen LogP contribution in [0.4, 0.5) is 0 Å². The molecule has 1 aromatic rings. The van der Waals surface area contributed by atoms with Crippen molar-refractivity contribution in [3.8, 4) is 0 Å². The number of hydrogen-bond acceptors (Lipinski definition) is 3. The zero-order valence-electron chi connectivity index (χ0n) is 8.94. The molecule has 2 rings (SSSR count). The van der Waals surface area contributed by atoms with Crippen molar-refractivity contribution in [3.63, 3.8) is 0 Å². The lowest BCUT2D eigenvalue weighted by Gasteiger charge is -2.31. The van der Waals surface area contributed by atoms with Crippen LogP contribution in [-0.2, 0) is 10.0 Å². The van der Waals surface area contributed by atoms with E-state index in [1.165, 1.54) is 17.8 Å². The first-order valence-corrected chi connectivity index (χ1v) is 8.36. The zero-order chi connectivity index (χ0) is 11.8. The van der Waals surface area contributed by atoms with Gasteiger partial charge < -0.3 is 0 Å². The molecule has 0 spiro atoms. The number of thiophene rings is 1. The molecule has 6 heteroatoms. The van der Waals surface area contributed by atoms with Gasteiger partial charge >= 0.3 is 0 Å². The van der Waals surface area contributed by atoms with Crippen molar-refractivity contribution in [1.29, 1.82) is 0 Å². The van der Waals surface area contributed by atoms with E-state index in [9.17, 15) is 8.42 Å². The highest BCUT2D eigenvalue weighted by Gasteiger charge is 2.28. The van der Waals surface area contributed by atoms with Crippen LogP contribution in [0.5, 0.6) is 0 Å². The van der Waals surface area contributed by atoms with Gasteiger partial charge in [-0.15, -0.1) is 11.3 Å². The number of rotatable bonds is 4. The Bertz CT molecular complexity index is 465. The fraction of sp³-hybridized carbons (Fsp3) is 0.600. The van der Waals surface area contributed by atoms with Gasteiger partial charge in [0, 0.05) is 6.04 Å². The summed E-state index contributed by atoms with van der Waals surface area (Å²) in [6, 6.07) is 3.43. The summed E-state index contributed by atoms with van der Waals surface area (Å²) in [5, 5.41) is 0. The van der Waals surface area contributed by atoms with Crippen molar-refractivity contribution < 1.29 is 8.42 Å². The number of sulfonamides is 1. The van der Waals surface area contributed by atoms with Gasteiger partial charge in [0.05, 0.1) is 3.79 Å². The van der Waals surface area contributed by atoms with Crippen molar-refractivity contribution in [2.24, 2.45) is 5.92 Å². The molecule has 90 valence electrons. The first-order valence-electron chi connectivity index (χ1n) is 5.27. The van der Waals surface area contributed by atoms with Gasteiger partial charge in [0.15, 0.2) is 0 Å². The molecule has 1 fully saturated rings. The van der Waals surface area contributed by atoms with Crippen LogP contribution in [0.25, 0.3) is 0 Å². The maximum Gasteiger partial charge on any atom is 0.250 e. The fourth-order valence-corrected chi connectivity index (χ4v) is 5.12. The van der Waals surface area contributed by atoms with Crippen LogP contribution in [0, 0.1) is 5.92 Å². The second-order valence-corrected chi connectivity index (χ2v) is 8.56. The average Bonchev–Trinajstić information content (AvgIpc) is 2.47. The van der Waals surface area contributed by atoms with Crippen LogP contribution in [-0.4, -0.2) is 14.5 Å². The van der Waals surface area contributed by atoms with Crippen molar-refractivity contribution >= 4 is 37.3 Å². The van der Waals surface area contributed by atoms with E-state index in [1.54, 1.807) is 12.1 Å². The van der Waals surface area contributed by atoms with E-state index in [4.69, 9.17) is 0 Å². The Morgan fingerprint density at radius 2 is 2.19 bits per heavy atom. The molecule has 0 bridgehead atoms. The first kappa shape index (κ1) is 12.5. The molecule has 1 atom stereocenters. The Hall–Kier alpha value is 0.0900. The minimum Gasteiger partial charge on any atom is -0.207 e. The van der Waals surface area contributed by atoms with Gasteiger partial charge in [-0.2, -0.15) is 0 Å². The molecular formula is C10H14BrNO2S2. The lowest BCUT2D eigenvalue weighted by atomic mass is 9.81. The maximum atomic E-state index is 12.0. The van der Waals surface area contributed by atoms with E-state index in [1.807, 2.05) is 6.92 Å². The Labute approximate surface area is 108 Å². The lowest BCUT2D eigenvalue weighted by Crippen LogP contribution is -2.40. The normalized spacial score (nSPS) is 19.4. The SMILES string of the molecule is CC(NS(=O)(=O)c1ccc(Br)s1)C1CCC1. The van der Waals surface area contributed by atoms with E-state index in [0.717, 1.165) is 16.6 Å². The summed E-state index contributed by atoms with van der Waals surface area (Å²) < 4.78 is 27.9. The predicted molar refractivity (Wildman–Crippen MR) is 69.1 cm³/mol. The molecule has 1 aromatic heterocycles. The molecule has 3 nitrogen and oxygen atoms in total. The van der Waals surface area contributed by atoms with Crippen molar-refractivity contribution in [2.75, 3.05) is 0 Å². The van der Waals surface area contributed by atoms with E-state index in [2.05, 4.69) is 20.7 Å². The third-order valence-electron chi connectivity index (χ3n) is 3.01. The molecule has 1 saturated carbocycles. The Morgan fingerprint density at radius 1 is 1.50 bits per heavy atom. The summed E-state index contributed by atoms with van der Waals surface area (Å²) in [4.78, 5) is 0. The summed E-state index contributed by atoms with van der Waals surface area (Å²) in [5.74, 6) is 0.512. The third-order valence-corrected chi connectivity index (χ3v) is 6.69. The molecule has 16 heavy (non-hydrogen) atoms. The molecule has 0 amide bonds. The van der Waals surface area contributed by atoms with Crippen molar-refractivity contribution in [1.82, 2.24) is 4.72 Å². The highest BCUT2D eigenvalue weighted by Crippen LogP contribution is 2.31. The van der Waals surface area contributed by atoms with E-state index < -0.39 is 10.0 Å². The van der Waals surface area contributed by atoms with Crippen LogP contribution in [0.1, 0.15) is 26.2 Å². The lowest BCUT2D eigenvalue weighted by molar-refractivity contribution is 0.260. The van der Waals surface area contributed by atoms with E-state index >= 15 is 0 Å². The highest BCUT2D eigenvalue weighted by atomic mass is 79.9. The Kier molecular flexibility index (Phi) is 3.73. The minimum absolute atomic E-state index is 0.0413. The van der Waals surface area contributed by atoms with Crippen LogP contribution < -0.4 is 4.72 Å². The molecule has 1 unspecified atom stereocenters. The number of hydrogen-bond donors (Lipinski definition) is 1. The summed E-state index contributed by atoms with van der Waals surface area (Å²) in [7, 11) is -3.32. The summed E-state index contributed by atoms with van der Waals surface area (Å²) >= 11 is 4.51. The fourth-order valence-electron chi connectivity index (χ4n) is 1.78. The largest absolute Gasteiger partial charge is 0.250 e. The molecule has 0 aromatic carbocycles. The highest BCUT2D eigenvalue weighted by molar-refractivity contribution is 9.11. The number of halogens is 1. The van der Waals surface area contributed by atoms with Crippen molar-refractivity contribution in [2.45, 2.75) is 36.4 Å². The van der Waals surface area contributed by atoms with Gasteiger partial charge in [0.1, 0.15) is 4.21 Å². The molecule has 1 aliphatic carbocycles. The van der Waals surface area contributed by atoms with Crippen LogP contribution in [0.2, 0.25) is 0 Å². The van der Waals surface area contributed by atoms with E-state index in [0.29, 0.717) is 10.1 Å². The topological polar surface area (TPSA) is 46.2 Å². The molecule has 1 N–H and O–H groups in total.